The summed E-state index contributed by atoms with van der Waals surface area (Å²) in [4.78, 5) is 8.14. The van der Waals surface area contributed by atoms with Crippen molar-refractivity contribution in [3.8, 4) is 0 Å². The Kier molecular flexibility index (Phi) is 4.02. The van der Waals surface area contributed by atoms with Gasteiger partial charge in [-0.25, -0.2) is 9.97 Å². The summed E-state index contributed by atoms with van der Waals surface area (Å²) in [5, 5.41) is 7.76. The van der Waals surface area contributed by atoms with Crippen LogP contribution in [-0.4, -0.2) is 16.5 Å². The minimum atomic E-state index is 0.306. The Hall–Kier alpha value is -1.26. The normalized spacial score (nSPS) is 12.6. The van der Waals surface area contributed by atoms with E-state index in [4.69, 9.17) is 0 Å². The van der Waals surface area contributed by atoms with E-state index in [-0.39, 0.29) is 0 Å². The molecule has 1 atom stereocenters. The summed E-state index contributed by atoms with van der Waals surface area (Å²) in [6, 6.07) is 2.47. The van der Waals surface area contributed by atoms with Gasteiger partial charge in [0.05, 0.1) is 0 Å². The van der Waals surface area contributed by atoms with E-state index in [9.17, 15) is 0 Å². The van der Waals surface area contributed by atoms with Crippen LogP contribution in [0.3, 0.4) is 0 Å². The highest BCUT2D eigenvalue weighted by Gasteiger charge is 2.11. The summed E-state index contributed by atoms with van der Waals surface area (Å²) in [7, 11) is 0. The lowest BCUT2D eigenvalue weighted by atomic mass is 10.0. The van der Waals surface area contributed by atoms with Gasteiger partial charge in [-0.1, -0.05) is 6.92 Å². The van der Waals surface area contributed by atoms with Crippen LogP contribution < -0.4 is 5.32 Å². The molecule has 0 aliphatic heterocycles. The number of likely N-dealkylation sites (N-methyl/N-ethyl adjacent to an activating group) is 1. The summed E-state index contributed by atoms with van der Waals surface area (Å²) < 4.78 is 0. The average molecular weight is 233 g/mol. The van der Waals surface area contributed by atoms with Crippen molar-refractivity contribution >= 4 is 11.3 Å². The van der Waals surface area contributed by atoms with Gasteiger partial charge in [0.2, 0.25) is 0 Å². The van der Waals surface area contributed by atoms with Crippen molar-refractivity contribution in [3.05, 3.63) is 46.7 Å². The minimum absolute atomic E-state index is 0.306. The summed E-state index contributed by atoms with van der Waals surface area (Å²) in [6.45, 7) is 3.06. The van der Waals surface area contributed by atoms with Gasteiger partial charge in [-0.15, -0.1) is 0 Å². The number of rotatable bonds is 5. The maximum Gasteiger partial charge on any atom is 0.115 e. The number of thiophene rings is 1. The van der Waals surface area contributed by atoms with Gasteiger partial charge in [-0.2, -0.15) is 11.3 Å². The summed E-state index contributed by atoms with van der Waals surface area (Å²) >= 11 is 1.74. The van der Waals surface area contributed by atoms with E-state index < -0.39 is 0 Å². The van der Waals surface area contributed by atoms with Crippen molar-refractivity contribution in [2.45, 2.75) is 19.4 Å². The molecule has 0 aliphatic rings. The topological polar surface area (TPSA) is 37.8 Å². The number of nitrogens with one attached hydrogen (secondary N) is 1. The molecule has 2 aromatic rings. The van der Waals surface area contributed by atoms with Gasteiger partial charge in [0.15, 0.2) is 0 Å². The first-order chi connectivity index (χ1) is 7.90. The van der Waals surface area contributed by atoms with Gasteiger partial charge < -0.3 is 5.32 Å². The lowest BCUT2D eigenvalue weighted by Crippen LogP contribution is -2.23. The van der Waals surface area contributed by atoms with E-state index >= 15 is 0 Å². The third-order valence-corrected chi connectivity index (χ3v) is 3.19. The van der Waals surface area contributed by atoms with Crippen molar-refractivity contribution < 1.29 is 0 Å². The molecule has 0 radical (unpaired) electrons. The monoisotopic (exact) mass is 233 g/mol. The van der Waals surface area contributed by atoms with Crippen molar-refractivity contribution in [1.82, 2.24) is 15.3 Å². The smallest absolute Gasteiger partial charge is 0.115 e. The third-order valence-electron chi connectivity index (χ3n) is 2.45. The number of aromatic nitrogens is 2. The summed E-state index contributed by atoms with van der Waals surface area (Å²) in [5.41, 5.74) is 2.51. The molecule has 0 saturated carbocycles. The second kappa shape index (κ2) is 5.72. The molecule has 0 aliphatic carbocycles. The molecule has 0 spiro atoms. The Morgan fingerprint density at radius 1 is 1.38 bits per heavy atom. The lowest BCUT2D eigenvalue weighted by Gasteiger charge is -2.16. The van der Waals surface area contributed by atoms with Crippen LogP contribution in [0.1, 0.15) is 24.1 Å². The second-order valence-electron chi connectivity index (χ2n) is 3.62. The fourth-order valence-corrected chi connectivity index (χ4v) is 2.37. The molecule has 0 amide bonds. The summed E-state index contributed by atoms with van der Waals surface area (Å²) in [6.07, 6.45) is 6.32. The first-order valence-electron chi connectivity index (χ1n) is 5.39. The van der Waals surface area contributed by atoms with Crippen LogP contribution in [0.5, 0.6) is 0 Å². The zero-order valence-electron chi connectivity index (χ0n) is 9.26. The average Bonchev–Trinajstić information content (AvgIpc) is 2.83. The van der Waals surface area contributed by atoms with Crippen LogP contribution in [0.4, 0.5) is 0 Å². The molecule has 1 N–H and O–H groups in total. The van der Waals surface area contributed by atoms with Crippen LogP contribution in [0.25, 0.3) is 0 Å². The predicted octanol–water partition coefficient (Wildman–Crippen LogP) is 2.43. The Morgan fingerprint density at radius 3 is 2.81 bits per heavy atom. The molecule has 2 heterocycles. The number of hydrogen-bond donors (Lipinski definition) is 1. The SMILES string of the molecule is CCNC(Cc1ccsc1)c1cncnc1. The maximum absolute atomic E-state index is 4.07. The first kappa shape index (κ1) is 11.2. The van der Waals surface area contributed by atoms with Gasteiger partial charge in [0, 0.05) is 24.0 Å². The lowest BCUT2D eigenvalue weighted by molar-refractivity contribution is 0.547. The van der Waals surface area contributed by atoms with Crippen LogP contribution >= 0.6 is 11.3 Å². The fraction of sp³-hybridized carbons (Fsp3) is 0.333. The molecule has 0 saturated heterocycles. The molecule has 4 heteroatoms. The maximum atomic E-state index is 4.07. The second-order valence-corrected chi connectivity index (χ2v) is 4.40. The number of hydrogen-bond acceptors (Lipinski definition) is 4. The molecular weight excluding hydrogens is 218 g/mol. The van der Waals surface area contributed by atoms with E-state index in [2.05, 4.69) is 39.0 Å². The van der Waals surface area contributed by atoms with E-state index in [0.717, 1.165) is 18.5 Å². The van der Waals surface area contributed by atoms with Gasteiger partial charge in [-0.05, 0) is 35.4 Å². The molecule has 0 aromatic carbocycles. The Morgan fingerprint density at radius 2 is 2.19 bits per heavy atom. The third kappa shape index (κ3) is 2.87. The van der Waals surface area contributed by atoms with E-state index in [0.29, 0.717) is 6.04 Å². The van der Waals surface area contributed by atoms with Crippen molar-refractivity contribution in [2.75, 3.05) is 6.54 Å². The molecule has 84 valence electrons. The Bertz CT molecular complexity index is 399. The highest BCUT2D eigenvalue weighted by Crippen LogP contribution is 2.18. The van der Waals surface area contributed by atoms with Gasteiger partial charge in [0.1, 0.15) is 6.33 Å². The Labute approximate surface area is 99.6 Å². The zero-order chi connectivity index (χ0) is 11.2. The van der Waals surface area contributed by atoms with Crippen molar-refractivity contribution in [3.63, 3.8) is 0 Å². The van der Waals surface area contributed by atoms with Crippen molar-refractivity contribution in [2.24, 2.45) is 0 Å². The molecule has 2 rings (SSSR count). The van der Waals surface area contributed by atoms with Crippen LogP contribution in [0.2, 0.25) is 0 Å². The van der Waals surface area contributed by atoms with Gasteiger partial charge >= 0.3 is 0 Å². The predicted molar refractivity (Wildman–Crippen MR) is 66.5 cm³/mol. The fourth-order valence-electron chi connectivity index (χ4n) is 1.69. The molecule has 2 aromatic heterocycles. The van der Waals surface area contributed by atoms with Gasteiger partial charge in [0.25, 0.3) is 0 Å². The Balaban J connectivity index is 2.11. The quantitative estimate of drug-likeness (QED) is 0.862. The molecule has 0 fully saturated rings. The molecule has 1 unspecified atom stereocenters. The molecule has 16 heavy (non-hydrogen) atoms. The first-order valence-corrected chi connectivity index (χ1v) is 6.33. The molecule has 3 nitrogen and oxygen atoms in total. The largest absolute Gasteiger partial charge is 0.310 e. The summed E-state index contributed by atoms with van der Waals surface area (Å²) in [5.74, 6) is 0. The van der Waals surface area contributed by atoms with E-state index in [1.807, 2.05) is 12.4 Å². The van der Waals surface area contributed by atoms with E-state index in [1.165, 1.54) is 5.56 Å². The molecular formula is C12H15N3S. The molecule has 0 bridgehead atoms. The zero-order valence-corrected chi connectivity index (χ0v) is 10.1. The van der Waals surface area contributed by atoms with Crippen LogP contribution in [0, 0.1) is 0 Å². The van der Waals surface area contributed by atoms with Crippen LogP contribution in [0.15, 0.2) is 35.5 Å². The minimum Gasteiger partial charge on any atom is -0.310 e. The van der Waals surface area contributed by atoms with Crippen molar-refractivity contribution in [1.29, 1.82) is 0 Å². The standard InChI is InChI=1S/C12H15N3S/c1-2-15-12(5-10-3-4-16-8-10)11-6-13-9-14-7-11/h3-4,6-9,12,15H,2,5H2,1H3. The van der Waals surface area contributed by atoms with Crippen LogP contribution in [-0.2, 0) is 6.42 Å². The highest BCUT2D eigenvalue weighted by atomic mass is 32.1. The van der Waals surface area contributed by atoms with Gasteiger partial charge in [-0.3, -0.25) is 0 Å². The highest BCUT2D eigenvalue weighted by molar-refractivity contribution is 7.07. The number of nitrogens with zero attached hydrogens (tertiary/aromatic N) is 2. The van der Waals surface area contributed by atoms with E-state index in [1.54, 1.807) is 17.7 Å².